The maximum absolute atomic E-state index is 12.5. The smallest absolute Gasteiger partial charge is 0.273 e. The Morgan fingerprint density at radius 3 is 2.68 bits per heavy atom. The average Bonchev–Trinajstić information content (AvgIpc) is 3.25. The number of hydrogen-bond donors (Lipinski definition) is 1. The van der Waals surface area contributed by atoms with Crippen LogP contribution in [0.5, 0.6) is 0 Å². The van der Waals surface area contributed by atoms with Crippen molar-refractivity contribution in [1.82, 2.24) is 20.4 Å². The second-order valence-corrected chi connectivity index (χ2v) is 8.53. The third-order valence-electron chi connectivity index (χ3n) is 5.89. The van der Waals surface area contributed by atoms with Crippen molar-refractivity contribution in [2.24, 2.45) is 5.92 Å². The van der Waals surface area contributed by atoms with E-state index in [-0.39, 0.29) is 11.9 Å². The van der Waals surface area contributed by atoms with Gasteiger partial charge in [-0.15, -0.1) is 0 Å². The van der Waals surface area contributed by atoms with Crippen LogP contribution in [0.15, 0.2) is 65.4 Å². The van der Waals surface area contributed by atoms with Gasteiger partial charge in [-0.1, -0.05) is 41.6 Å². The molecule has 162 valence electrons. The van der Waals surface area contributed by atoms with Crippen LogP contribution < -0.4 is 5.32 Å². The number of benzene rings is 1. The first-order valence-corrected chi connectivity index (χ1v) is 11.1. The topological polar surface area (TPSA) is 71.3 Å². The van der Waals surface area contributed by atoms with Crippen LogP contribution in [0.1, 0.15) is 47.1 Å². The molecular formula is C25H30N4O2. The highest BCUT2D eigenvalue weighted by Crippen LogP contribution is 2.23. The Balaban J connectivity index is 1.22. The number of amides is 1. The fourth-order valence-corrected chi connectivity index (χ4v) is 4.23. The van der Waals surface area contributed by atoms with E-state index in [2.05, 4.69) is 50.7 Å². The Kier molecular flexibility index (Phi) is 7.10. The number of nitrogens with one attached hydrogen (secondary N) is 1. The second kappa shape index (κ2) is 10.4. The van der Waals surface area contributed by atoms with E-state index in [1.54, 1.807) is 12.3 Å². The van der Waals surface area contributed by atoms with Gasteiger partial charge in [-0.05, 0) is 68.8 Å². The number of carbonyl (C=O) groups is 1. The molecule has 1 atom stereocenters. The Labute approximate surface area is 183 Å². The first kappa shape index (κ1) is 21.2. The minimum absolute atomic E-state index is 0.0134. The van der Waals surface area contributed by atoms with E-state index in [4.69, 9.17) is 4.52 Å². The molecular weight excluding hydrogens is 388 g/mol. The Morgan fingerprint density at radius 2 is 1.94 bits per heavy atom. The fraction of sp³-hybridized carbons (Fsp3) is 0.400. The molecule has 1 saturated heterocycles. The summed E-state index contributed by atoms with van der Waals surface area (Å²) in [7, 11) is 0. The van der Waals surface area contributed by atoms with Crippen LogP contribution in [0, 0.1) is 5.92 Å². The van der Waals surface area contributed by atoms with Crippen molar-refractivity contribution in [2.75, 3.05) is 13.1 Å². The zero-order valence-electron chi connectivity index (χ0n) is 18.0. The monoisotopic (exact) mass is 418 g/mol. The quantitative estimate of drug-likeness (QED) is 0.601. The largest absolute Gasteiger partial charge is 0.359 e. The van der Waals surface area contributed by atoms with Gasteiger partial charge in [-0.25, -0.2) is 0 Å². The predicted octanol–water partition coefficient (Wildman–Crippen LogP) is 3.89. The third-order valence-corrected chi connectivity index (χ3v) is 5.89. The van der Waals surface area contributed by atoms with Gasteiger partial charge in [0.1, 0.15) is 0 Å². The molecule has 0 aliphatic carbocycles. The number of pyridine rings is 1. The van der Waals surface area contributed by atoms with Crippen molar-refractivity contribution in [3.63, 3.8) is 0 Å². The number of rotatable bonds is 8. The molecule has 4 rings (SSSR count). The highest BCUT2D eigenvalue weighted by molar-refractivity contribution is 5.92. The lowest BCUT2D eigenvalue weighted by molar-refractivity contribution is 0.0930. The lowest BCUT2D eigenvalue weighted by atomic mass is 9.90. The van der Waals surface area contributed by atoms with Gasteiger partial charge in [0.2, 0.25) is 0 Å². The Bertz CT molecular complexity index is 950. The molecule has 1 aromatic carbocycles. The van der Waals surface area contributed by atoms with Gasteiger partial charge < -0.3 is 9.84 Å². The highest BCUT2D eigenvalue weighted by Gasteiger charge is 2.22. The van der Waals surface area contributed by atoms with Gasteiger partial charge in [0.15, 0.2) is 11.5 Å². The number of carbonyl (C=O) groups excluding carboxylic acids is 1. The summed E-state index contributed by atoms with van der Waals surface area (Å²) >= 11 is 0. The van der Waals surface area contributed by atoms with Gasteiger partial charge in [0.25, 0.3) is 5.91 Å². The van der Waals surface area contributed by atoms with Crippen LogP contribution >= 0.6 is 0 Å². The molecule has 6 nitrogen and oxygen atoms in total. The van der Waals surface area contributed by atoms with Gasteiger partial charge in [0, 0.05) is 24.5 Å². The van der Waals surface area contributed by atoms with Gasteiger partial charge in [0.05, 0.1) is 6.54 Å². The molecule has 0 bridgehead atoms. The minimum Gasteiger partial charge on any atom is -0.359 e. The van der Waals surface area contributed by atoms with Crippen LogP contribution in [-0.2, 0) is 19.4 Å². The summed E-state index contributed by atoms with van der Waals surface area (Å²) in [4.78, 5) is 19.0. The fourth-order valence-electron chi connectivity index (χ4n) is 4.23. The minimum atomic E-state index is -0.201. The van der Waals surface area contributed by atoms with E-state index >= 15 is 0 Å². The third kappa shape index (κ3) is 6.25. The zero-order valence-corrected chi connectivity index (χ0v) is 18.0. The lowest BCUT2D eigenvalue weighted by Crippen LogP contribution is -2.34. The SMILES string of the molecule is CC(Cc1cccnc1)NC(=O)c1cc(CN2CCC(Cc3ccccc3)CC2)on1. The van der Waals surface area contributed by atoms with Crippen molar-refractivity contribution >= 4 is 5.91 Å². The molecule has 0 saturated carbocycles. The van der Waals surface area contributed by atoms with Crippen LogP contribution in [0.25, 0.3) is 0 Å². The molecule has 3 aromatic rings. The predicted molar refractivity (Wildman–Crippen MR) is 120 cm³/mol. The summed E-state index contributed by atoms with van der Waals surface area (Å²) in [5.74, 6) is 1.27. The van der Waals surface area contributed by atoms with E-state index in [0.717, 1.165) is 43.2 Å². The molecule has 1 N–H and O–H groups in total. The number of likely N-dealkylation sites (tertiary alicyclic amines) is 1. The molecule has 6 heteroatoms. The summed E-state index contributed by atoms with van der Waals surface area (Å²) in [6.07, 6.45) is 7.81. The summed E-state index contributed by atoms with van der Waals surface area (Å²) < 4.78 is 5.45. The zero-order chi connectivity index (χ0) is 21.5. The van der Waals surface area contributed by atoms with Crippen molar-refractivity contribution < 1.29 is 9.32 Å². The molecule has 0 spiro atoms. The van der Waals surface area contributed by atoms with Crippen LogP contribution in [0.2, 0.25) is 0 Å². The Hall–Kier alpha value is -2.99. The van der Waals surface area contributed by atoms with Gasteiger partial charge >= 0.3 is 0 Å². The molecule has 1 aliphatic heterocycles. The van der Waals surface area contributed by atoms with E-state index in [1.807, 2.05) is 25.3 Å². The second-order valence-electron chi connectivity index (χ2n) is 8.53. The van der Waals surface area contributed by atoms with E-state index in [0.29, 0.717) is 12.2 Å². The van der Waals surface area contributed by atoms with Crippen molar-refractivity contribution in [3.8, 4) is 0 Å². The van der Waals surface area contributed by atoms with Crippen LogP contribution in [-0.4, -0.2) is 40.1 Å². The standard InChI is InChI=1S/C25H30N4O2/c1-19(14-22-8-5-11-26-17-22)27-25(30)24-16-23(31-28-24)18-29-12-9-21(10-13-29)15-20-6-3-2-4-7-20/h2-8,11,16-17,19,21H,9-10,12-15,18H2,1H3,(H,27,30). The maximum atomic E-state index is 12.5. The average molecular weight is 419 g/mol. The lowest BCUT2D eigenvalue weighted by Gasteiger charge is -2.31. The summed E-state index contributed by atoms with van der Waals surface area (Å²) in [5.41, 5.74) is 2.85. The number of nitrogens with zero attached hydrogens (tertiary/aromatic N) is 3. The van der Waals surface area contributed by atoms with Crippen molar-refractivity contribution in [3.05, 3.63) is 83.5 Å². The number of aromatic nitrogens is 2. The summed E-state index contributed by atoms with van der Waals surface area (Å²) in [6.45, 7) is 4.76. The molecule has 1 amide bonds. The maximum Gasteiger partial charge on any atom is 0.273 e. The normalized spacial score (nSPS) is 16.2. The van der Waals surface area contributed by atoms with E-state index in [1.165, 1.54) is 18.4 Å². The van der Waals surface area contributed by atoms with Gasteiger partial charge in [-0.2, -0.15) is 0 Å². The van der Waals surface area contributed by atoms with Gasteiger partial charge in [-0.3, -0.25) is 14.7 Å². The molecule has 1 fully saturated rings. The molecule has 3 heterocycles. The molecule has 2 aromatic heterocycles. The Morgan fingerprint density at radius 1 is 1.16 bits per heavy atom. The molecule has 0 radical (unpaired) electrons. The molecule has 1 unspecified atom stereocenters. The van der Waals surface area contributed by atoms with Crippen LogP contribution in [0.4, 0.5) is 0 Å². The van der Waals surface area contributed by atoms with E-state index < -0.39 is 0 Å². The van der Waals surface area contributed by atoms with Crippen molar-refractivity contribution in [1.29, 1.82) is 0 Å². The van der Waals surface area contributed by atoms with Crippen molar-refractivity contribution in [2.45, 2.75) is 45.2 Å². The molecule has 31 heavy (non-hydrogen) atoms. The first-order chi connectivity index (χ1) is 15.2. The number of hydrogen-bond acceptors (Lipinski definition) is 5. The molecule has 1 aliphatic rings. The number of piperidine rings is 1. The summed E-state index contributed by atoms with van der Waals surface area (Å²) in [5, 5.41) is 6.97. The van der Waals surface area contributed by atoms with Crippen LogP contribution in [0.3, 0.4) is 0 Å². The summed E-state index contributed by atoms with van der Waals surface area (Å²) in [6, 6.07) is 16.4. The first-order valence-electron chi connectivity index (χ1n) is 11.1. The van der Waals surface area contributed by atoms with E-state index in [9.17, 15) is 4.79 Å². The highest BCUT2D eigenvalue weighted by atomic mass is 16.5.